The summed E-state index contributed by atoms with van der Waals surface area (Å²) in [4.78, 5) is 28.5. The number of anilines is 2. The molecule has 0 aromatic heterocycles. The maximum atomic E-state index is 13.7. The normalized spacial score (nSPS) is 13.5. The summed E-state index contributed by atoms with van der Waals surface area (Å²) >= 11 is 0. The lowest BCUT2D eigenvalue weighted by Crippen LogP contribution is -2.33. The Bertz CT molecular complexity index is 1280. The van der Waals surface area contributed by atoms with Crippen LogP contribution in [0.1, 0.15) is 22.3 Å². The van der Waals surface area contributed by atoms with Crippen molar-refractivity contribution < 1.29 is 19.1 Å². The van der Waals surface area contributed by atoms with E-state index in [9.17, 15) is 9.59 Å². The van der Waals surface area contributed by atoms with Gasteiger partial charge in [0.1, 0.15) is 17.2 Å². The van der Waals surface area contributed by atoms with Crippen LogP contribution in [0.4, 0.5) is 11.4 Å². The zero-order valence-corrected chi connectivity index (χ0v) is 19.4. The molecule has 0 saturated carbocycles. The molecule has 0 fully saturated rings. The minimum absolute atomic E-state index is 0.201. The molecule has 168 valence electrons. The number of imide groups is 1. The van der Waals surface area contributed by atoms with Crippen LogP contribution >= 0.6 is 0 Å². The summed E-state index contributed by atoms with van der Waals surface area (Å²) in [6.45, 7) is 5.85. The smallest absolute Gasteiger partial charge is 0.282 e. The Kier molecular flexibility index (Phi) is 5.92. The van der Waals surface area contributed by atoms with Crippen molar-refractivity contribution in [2.24, 2.45) is 0 Å². The predicted molar refractivity (Wildman–Crippen MR) is 130 cm³/mol. The lowest BCUT2D eigenvalue weighted by atomic mass is 10.0. The van der Waals surface area contributed by atoms with Crippen LogP contribution in [-0.2, 0) is 9.59 Å². The maximum absolute atomic E-state index is 13.7. The summed E-state index contributed by atoms with van der Waals surface area (Å²) in [5.74, 6) is 0.331. The predicted octanol–water partition coefficient (Wildman–Crippen LogP) is 5.03. The lowest BCUT2D eigenvalue weighted by Gasteiger charge is -2.18. The lowest BCUT2D eigenvalue weighted by molar-refractivity contribution is -0.120. The van der Waals surface area contributed by atoms with Crippen LogP contribution in [0.25, 0.3) is 5.57 Å². The molecule has 0 unspecified atom stereocenters. The van der Waals surface area contributed by atoms with Crippen molar-refractivity contribution in [1.82, 2.24) is 0 Å². The Morgan fingerprint density at radius 1 is 0.758 bits per heavy atom. The van der Waals surface area contributed by atoms with Gasteiger partial charge in [0.25, 0.3) is 11.8 Å². The number of amides is 2. The van der Waals surface area contributed by atoms with Gasteiger partial charge in [0, 0.05) is 6.07 Å². The highest BCUT2D eigenvalue weighted by molar-refractivity contribution is 6.46. The number of carbonyl (C=O) groups excluding carboxylic acids is 2. The first-order valence-electron chi connectivity index (χ1n) is 10.6. The third kappa shape index (κ3) is 4.07. The average Bonchev–Trinajstić information content (AvgIpc) is 3.04. The quantitative estimate of drug-likeness (QED) is 0.543. The number of carbonyl (C=O) groups is 2. The summed E-state index contributed by atoms with van der Waals surface area (Å²) in [7, 11) is 3.11. The summed E-state index contributed by atoms with van der Waals surface area (Å²) in [6.07, 6.45) is 0. The van der Waals surface area contributed by atoms with Crippen LogP contribution in [-0.4, -0.2) is 26.0 Å². The van der Waals surface area contributed by atoms with Crippen molar-refractivity contribution in [3.8, 4) is 11.5 Å². The van der Waals surface area contributed by atoms with Crippen molar-refractivity contribution in [1.29, 1.82) is 0 Å². The average molecular weight is 443 g/mol. The van der Waals surface area contributed by atoms with Gasteiger partial charge in [-0.3, -0.25) is 9.59 Å². The standard InChI is InChI=1S/C27H26N2O4/c1-16-6-9-19(10-7-16)24-25(28-21-12-11-20(32-4)15-23(21)33-5)27(31)29(26(24)30)22-13-8-17(2)14-18(22)3/h6-15,28H,1-5H3. The van der Waals surface area contributed by atoms with Gasteiger partial charge in [0.05, 0.1) is 31.2 Å². The number of nitrogens with zero attached hydrogens (tertiary/aromatic N) is 1. The molecule has 1 aliphatic heterocycles. The van der Waals surface area contributed by atoms with Crippen LogP contribution in [0.5, 0.6) is 11.5 Å². The number of methoxy groups -OCH3 is 2. The molecule has 0 saturated heterocycles. The van der Waals surface area contributed by atoms with Crippen molar-refractivity contribution in [2.45, 2.75) is 20.8 Å². The summed E-state index contributed by atoms with van der Waals surface area (Å²) in [5, 5.41) is 3.17. The van der Waals surface area contributed by atoms with Gasteiger partial charge in [0.2, 0.25) is 0 Å². The summed E-state index contributed by atoms with van der Waals surface area (Å²) in [5.41, 5.74) is 5.28. The van der Waals surface area contributed by atoms with E-state index in [0.29, 0.717) is 34.0 Å². The molecule has 0 aliphatic carbocycles. The fourth-order valence-corrected chi connectivity index (χ4v) is 3.95. The van der Waals surface area contributed by atoms with E-state index in [2.05, 4.69) is 5.32 Å². The molecule has 2 amide bonds. The van der Waals surface area contributed by atoms with E-state index in [1.54, 1.807) is 32.4 Å². The Morgan fingerprint density at radius 2 is 1.45 bits per heavy atom. The number of hydrogen-bond acceptors (Lipinski definition) is 5. The third-order valence-corrected chi connectivity index (χ3v) is 5.69. The van der Waals surface area contributed by atoms with E-state index in [1.165, 1.54) is 4.90 Å². The molecule has 1 aliphatic rings. The highest BCUT2D eigenvalue weighted by Gasteiger charge is 2.41. The molecule has 33 heavy (non-hydrogen) atoms. The molecule has 0 atom stereocenters. The fraction of sp³-hybridized carbons (Fsp3) is 0.185. The first kappa shape index (κ1) is 22.1. The second-order valence-corrected chi connectivity index (χ2v) is 8.04. The third-order valence-electron chi connectivity index (χ3n) is 5.69. The van der Waals surface area contributed by atoms with Crippen molar-refractivity contribution in [2.75, 3.05) is 24.4 Å². The molecule has 3 aromatic carbocycles. The molecule has 0 spiro atoms. The van der Waals surface area contributed by atoms with Gasteiger partial charge in [0.15, 0.2) is 0 Å². The van der Waals surface area contributed by atoms with E-state index in [0.717, 1.165) is 16.7 Å². The van der Waals surface area contributed by atoms with Crippen LogP contribution < -0.4 is 19.7 Å². The zero-order valence-electron chi connectivity index (χ0n) is 19.4. The Labute approximate surface area is 193 Å². The van der Waals surface area contributed by atoms with E-state index in [4.69, 9.17) is 9.47 Å². The molecule has 0 radical (unpaired) electrons. The van der Waals surface area contributed by atoms with Crippen molar-refractivity contribution in [3.05, 3.63) is 88.6 Å². The highest BCUT2D eigenvalue weighted by atomic mass is 16.5. The number of hydrogen-bond donors (Lipinski definition) is 1. The van der Waals surface area contributed by atoms with Crippen LogP contribution in [0.3, 0.4) is 0 Å². The first-order chi connectivity index (χ1) is 15.8. The minimum Gasteiger partial charge on any atom is -0.497 e. The highest BCUT2D eigenvalue weighted by Crippen LogP contribution is 2.37. The number of aryl methyl sites for hydroxylation is 3. The van der Waals surface area contributed by atoms with Gasteiger partial charge in [-0.1, -0.05) is 47.5 Å². The summed E-state index contributed by atoms with van der Waals surface area (Å²) < 4.78 is 10.8. The number of rotatable bonds is 6. The van der Waals surface area contributed by atoms with Gasteiger partial charge >= 0.3 is 0 Å². The number of ether oxygens (including phenoxy) is 2. The molecular formula is C27H26N2O4. The molecular weight excluding hydrogens is 416 g/mol. The van der Waals surface area contributed by atoms with Gasteiger partial charge < -0.3 is 14.8 Å². The molecule has 3 aromatic rings. The van der Waals surface area contributed by atoms with E-state index < -0.39 is 5.91 Å². The first-order valence-corrected chi connectivity index (χ1v) is 10.6. The Balaban J connectivity index is 1.85. The van der Waals surface area contributed by atoms with Crippen LogP contribution in [0, 0.1) is 20.8 Å². The zero-order chi connectivity index (χ0) is 23.7. The fourth-order valence-electron chi connectivity index (χ4n) is 3.95. The molecule has 1 heterocycles. The van der Waals surface area contributed by atoms with Gasteiger partial charge in [-0.15, -0.1) is 0 Å². The maximum Gasteiger partial charge on any atom is 0.282 e. The molecule has 6 heteroatoms. The van der Waals surface area contributed by atoms with Crippen molar-refractivity contribution in [3.63, 3.8) is 0 Å². The number of benzene rings is 3. The van der Waals surface area contributed by atoms with E-state index >= 15 is 0 Å². The minimum atomic E-state index is -0.416. The molecule has 6 nitrogen and oxygen atoms in total. The topological polar surface area (TPSA) is 67.9 Å². The van der Waals surface area contributed by atoms with Gasteiger partial charge in [-0.25, -0.2) is 4.90 Å². The number of nitrogens with one attached hydrogen (secondary N) is 1. The largest absolute Gasteiger partial charge is 0.497 e. The van der Waals surface area contributed by atoms with Crippen LogP contribution in [0.2, 0.25) is 0 Å². The van der Waals surface area contributed by atoms with Crippen molar-refractivity contribution >= 4 is 28.8 Å². The van der Waals surface area contributed by atoms with Crippen LogP contribution in [0.15, 0.2) is 66.4 Å². The molecule has 1 N–H and O–H groups in total. The monoisotopic (exact) mass is 442 g/mol. The summed E-state index contributed by atoms with van der Waals surface area (Å²) in [6, 6.07) is 18.5. The van der Waals surface area contributed by atoms with E-state index in [-0.39, 0.29) is 11.6 Å². The second kappa shape index (κ2) is 8.82. The SMILES string of the molecule is COc1ccc(NC2=C(c3ccc(C)cc3)C(=O)N(c3ccc(C)cc3C)C2=O)c(OC)c1. The molecule has 4 rings (SSSR count). The van der Waals surface area contributed by atoms with Gasteiger partial charge in [-0.05, 0) is 50.1 Å². The molecule has 0 bridgehead atoms. The Morgan fingerprint density at radius 3 is 2.09 bits per heavy atom. The van der Waals surface area contributed by atoms with E-state index in [1.807, 2.05) is 63.2 Å². The van der Waals surface area contributed by atoms with Gasteiger partial charge in [-0.2, -0.15) is 0 Å². The Hall–Kier alpha value is -4.06. The second-order valence-electron chi connectivity index (χ2n) is 8.04.